The van der Waals surface area contributed by atoms with Crippen LogP contribution in [0.3, 0.4) is 0 Å². The predicted octanol–water partition coefficient (Wildman–Crippen LogP) is 0.334. The fourth-order valence-electron chi connectivity index (χ4n) is 0.841. The van der Waals surface area contributed by atoms with E-state index in [0.717, 1.165) is 0 Å². The molecule has 0 spiro atoms. The number of carboxylic acid groups (broad SMARTS) is 1. The third-order valence-corrected chi connectivity index (χ3v) is 1.37. The Morgan fingerprint density at radius 3 is 3.00 bits per heavy atom. The normalized spacial score (nSPS) is 17.1. The van der Waals surface area contributed by atoms with Gasteiger partial charge in [0.05, 0.1) is 19.3 Å². The zero-order valence-corrected chi connectivity index (χ0v) is 5.87. The van der Waals surface area contributed by atoms with Crippen molar-refractivity contribution in [2.24, 2.45) is 0 Å². The highest BCUT2D eigenvalue weighted by atomic mass is 16.5. The summed E-state index contributed by atoms with van der Waals surface area (Å²) in [5.74, 6) is -1.13. The number of rotatable bonds is 2. The first-order valence-corrected chi connectivity index (χ1v) is 3.26. The molecule has 0 amide bonds. The Labute approximate surface area is 63.5 Å². The van der Waals surface area contributed by atoms with E-state index in [9.17, 15) is 9.59 Å². The predicted molar refractivity (Wildman–Crippen MR) is 35.9 cm³/mol. The average molecular weight is 156 g/mol. The number of Topliss-reactive ketones (excluding diaryl/α,β-unsaturated/α-hetero) is 1. The van der Waals surface area contributed by atoms with Crippen molar-refractivity contribution in [3.8, 4) is 0 Å². The fourth-order valence-corrected chi connectivity index (χ4v) is 0.841. The van der Waals surface area contributed by atoms with E-state index in [1.807, 2.05) is 0 Å². The summed E-state index contributed by atoms with van der Waals surface area (Å²) >= 11 is 0. The molecule has 1 N–H and O–H groups in total. The second-order valence-electron chi connectivity index (χ2n) is 2.26. The number of aliphatic carboxylic acids is 1. The Kier molecular flexibility index (Phi) is 2.25. The van der Waals surface area contributed by atoms with Crippen molar-refractivity contribution in [3.05, 3.63) is 11.8 Å². The number of carbonyl (C=O) groups excluding carboxylic acids is 1. The molecule has 0 aromatic rings. The molecule has 11 heavy (non-hydrogen) atoms. The molecule has 0 bridgehead atoms. The number of hydrogen-bond donors (Lipinski definition) is 1. The van der Waals surface area contributed by atoms with Gasteiger partial charge in [0, 0.05) is 12.0 Å². The van der Waals surface area contributed by atoms with Crippen molar-refractivity contribution < 1.29 is 19.4 Å². The van der Waals surface area contributed by atoms with Gasteiger partial charge in [0.25, 0.3) is 0 Å². The van der Waals surface area contributed by atoms with Gasteiger partial charge >= 0.3 is 5.97 Å². The summed E-state index contributed by atoms with van der Waals surface area (Å²) in [6, 6.07) is 0. The van der Waals surface area contributed by atoms with Crippen LogP contribution in [-0.2, 0) is 14.3 Å². The number of carboxylic acids is 1. The van der Waals surface area contributed by atoms with Gasteiger partial charge < -0.3 is 9.84 Å². The van der Waals surface area contributed by atoms with Crippen LogP contribution in [0, 0.1) is 0 Å². The van der Waals surface area contributed by atoms with E-state index in [1.54, 1.807) is 0 Å². The molecular formula is C7H8O4. The van der Waals surface area contributed by atoms with Crippen molar-refractivity contribution >= 4 is 11.8 Å². The van der Waals surface area contributed by atoms with Crippen molar-refractivity contribution in [3.63, 3.8) is 0 Å². The maximum Gasteiger partial charge on any atom is 0.308 e. The Morgan fingerprint density at radius 2 is 2.45 bits per heavy atom. The maximum atomic E-state index is 10.9. The topological polar surface area (TPSA) is 63.6 Å². The number of ether oxygens (including phenoxy) is 1. The third-order valence-electron chi connectivity index (χ3n) is 1.37. The van der Waals surface area contributed by atoms with Crippen molar-refractivity contribution in [2.45, 2.75) is 12.8 Å². The molecule has 0 aromatic carbocycles. The molecule has 60 valence electrons. The lowest BCUT2D eigenvalue weighted by molar-refractivity contribution is -0.137. The highest BCUT2D eigenvalue weighted by Gasteiger charge is 2.16. The molecule has 0 fully saturated rings. The lowest BCUT2D eigenvalue weighted by Crippen LogP contribution is -2.14. The van der Waals surface area contributed by atoms with Gasteiger partial charge in [-0.1, -0.05) is 0 Å². The number of hydrogen-bond acceptors (Lipinski definition) is 3. The standard InChI is InChI=1S/C7H8O4/c8-6-1-2-11-4-5(6)3-7(9)10/h4H,1-3H2,(H,9,10). The Morgan fingerprint density at radius 1 is 1.73 bits per heavy atom. The molecule has 1 rings (SSSR count). The van der Waals surface area contributed by atoms with Crippen molar-refractivity contribution in [1.29, 1.82) is 0 Å². The first-order valence-electron chi connectivity index (χ1n) is 3.26. The average Bonchev–Trinajstić information content (AvgIpc) is 1.93. The molecule has 1 aliphatic heterocycles. The minimum absolute atomic E-state index is 0.126. The minimum atomic E-state index is -1.00. The quantitative estimate of drug-likeness (QED) is 0.625. The summed E-state index contributed by atoms with van der Waals surface area (Å²) in [7, 11) is 0. The van der Waals surface area contributed by atoms with Crippen LogP contribution in [0.2, 0.25) is 0 Å². The lowest BCUT2D eigenvalue weighted by Gasteiger charge is -2.10. The van der Waals surface area contributed by atoms with Gasteiger partial charge in [0.1, 0.15) is 0 Å². The summed E-state index contributed by atoms with van der Waals surface area (Å²) < 4.78 is 4.81. The molecule has 0 saturated heterocycles. The Balaban J connectivity index is 2.61. The van der Waals surface area contributed by atoms with Gasteiger partial charge in [-0.05, 0) is 0 Å². The highest BCUT2D eigenvalue weighted by Crippen LogP contribution is 2.11. The number of carbonyl (C=O) groups is 2. The summed E-state index contributed by atoms with van der Waals surface area (Å²) in [6.07, 6.45) is 1.29. The summed E-state index contributed by atoms with van der Waals surface area (Å²) in [6.45, 7) is 0.363. The zero-order valence-electron chi connectivity index (χ0n) is 5.87. The molecule has 0 aromatic heterocycles. The molecule has 1 heterocycles. The fraction of sp³-hybridized carbons (Fsp3) is 0.429. The van der Waals surface area contributed by atoms with E-state index < -0.39 is 5.97 Å². The molecule has 4 nitrogen and oxygen atoms in total. The van der Waals surface area contributed by atoms with Gasteiger partial charge in [0.2, 0.25) is 0 Å². The Hall–Kier alpha value is -1.32. The maximum absolute atomic E-state index is 10.9. The van der Waals surface area contributed by atoms with Gasteiger partial charge in [-0.15, -0.1) is 0 Å². The van der Waals surface area contributed by atoms with E-state index in [2.05, 4.69) is 0 Å². The van der Waals surface area contributed by atoms with Gasteiger partial charge in [-0.3, -0.25) is 9.59 Å². The van der Waals surface area contributed by atoms with Crippen LogP contribution in [0.4, 0.5) is 0 Å². The summed E-state index contributed by atoms with van der Waals surface area (Å²) in [5.41, 5.74) is 0.253. The van der Waals surface area contributed by atoms with E-state index in [-0.39, 0.29) is 17.8 Å². The van der Waals surface area contributed by atoms with Gasteiger partial charge in [0.15, 0.2) is 5.78 Å². The first kappa shape index (κ1) is 7.78. The molecule has 0 aliphatic carbocycles. The highest BCUT2D eigenvalue weighted by molar-refractivity contribution is 5.99. The smallest absolute Gasteiger partial charge is 0.308 e. The van der Waals surface area contributed by atoms with Gasteiger partial charge in [-0.25, -0.2) is 0 Å². The van der Waals surface area contributed by atoms with Crippen LogP contribution in [0.25, 0.3) is 0 Å². The molecule has 0 atom stereocenters. The molecule has 0 saturated carbocycles. The summed E-state index contributed by atoms with van der Waals surface area (Å²) in [4.78, 5) is 21.1. The van der Waals surface area contributed by atoms with E-state index >= 15 is 0 Å². The molecule has 1 aliphatic rings. The molecule has 4 heteroatoms. The molecule has 0 radical (unpaired) electrons. The van der Waals surface area contributed by atoms with Crippen LogP contribution in [0.15, 0.2) is 11.8 Å². The van der Waals surface area contributed by atoms with Crippen LogP contribution in [0.5, 0.6) is 0 Å². The first-order chi connectivity index (χ1) is 5.20. The van der Waals surface area contributed by atoms with Crippen molar-refractivity contribution in [2.75, 3.05) is 6.61 Å². The number of ketones is 1. The van der Waals surface area contributed by atoms with Crippen LogP contribution >= 0.6 is 0 Å². The molecule has 0 unspecified atom stereocenters. The monoisotopic (exact) mass is 156 g/mol. The van der Waals surface area contributed by atoms with E-state index in [1.165, 1.54) is 6.26 Å². The van der Waals surface area contributed by atoms with Crippen LogP contribution in [-0.4, -0.2) is 23.5 Å². The molecular weight excluding hydrogens is 148 g/mol. The van der Waals surface area contributed by atoms with Crippen LogP contribution in [0.1, 0.15) is 12.8 Å². The second-order valence-corrected chi connectivity index (χ2v) is 2.26. The summed E-state index contributed by atoms with van der Waals surface area (Å²) in [5, 5.41) is 8.33. The van der Waals surface area contributed by atoms with E-state index in [4.69, 9.17) is 9.84 Å². The second kappa shape index (κ2) is 3.18. The SMILES string of the molecule is O=C(O)CC1=COCCC1=O. The van der Waals surface area contributed by atoms with Crippen molar-refractivity contribution in [1.82, 2.24) is 0 Å². The minimum Gasteiger partial charge on any atom is -0.500 e. The largest absolute Gasteiger partial charge is 0.500 e. The van der Waals surface area contributed by atoms with Gasteiger partial charge in [-0.2, -0.15) is 0 Å². The Bertz CT molecular complexity index is 216. The van der Waals surface area contributed by atoms with E-state index in [0.29, 0.717) is 13.0 Å². The third kappa shape index (κ3) is 2.07. The van der Waals surface area contributed by atoms with Crippen LogP contribution < -0.4 is 0 Å². The lowest BCUT2D eigenvalue weighted by atomic mass is 10.1. The zero-order chi connectivity index (χ0) is 8.27.